The van der Waals surface area contributed by atoms with Crippen molar-refractivity contribution in [1.29, 1.82) is 0 Å². The molecule has 1 N–H and O–H groups in total. The van der Waals surface area contributed by atoms with Crippen LogP contribution in [0.5, 0.6) is 0 Å². The van der Waals surface area contributed by atoms with Crippen LogP contribution in [0.2, 0.25) is 0 Å². The summed E-state index contributed by atoms with van der Waals surface area (Å²) in [7, 11) is -4.49. The molecule has 0 unspecified atom stereocenters. The van der Waals surface area contributed by atoms with Gasteiger partial charge in [0.2, 0.25) is 9.84 Å². The van der Waals surface area contributed by atoms with Gasteiger partial charge < -0.3 is 5.32 Å². The quantitative estimate of drug-likeness (QED) is 0.905. The molecule has 2 rings (SSSR count). The van der Waals surface area contributed by atoms with Gasteiger partial charge in [0.1, 0.15) is 0 Å². The Kier molecular flexibility index (Phi) is 4.32. The summed E-state index contributed by atoms with van der Waals surface area (Å²) in [6.45, 7) is 4.40. The molecule has 112 valence electrons. The summed E-state index contributed by atoms with van der Waals surface area (Å²) in [5, 5.41) is 3.29. The molecule has 20 heavy (non-hydrogen) atoms. The molecule has 0 saturated heterocycles. The van der Waals surface area contributed by atoms with Gasteiger partial charge in [0.25, 0.3) is 0 Å². The smallest absolute Gasteiger partial charge is 0.341 e. The van der Waals surface area contributed by atoms with Crippen LogP contribution in [0.3, 0.4) is 0 Å². The first-order valence-electron chi connectivity index (χ1n) is 6.69. The first kappa shape index (κ1) is 15.2. The average Bonchev–Trinajstić information content (AvgIpc) is 2.33. The van der Waals surface area contributed by atoms with E-state index in [2.05, 4.69) is 19.2 Å². The highest BCUT2D eigenvalue weighted by molar-refractivity contribution is 7.91. The fourth-order valence-electron chi connectivity index (χ4n) is 2.40. The molecule has 1 aromatic rings. The maximum atomic E-state index is 12.4. The van der Waals surface area contributed by atoms with E-state index in [4.69, 9.17) is 0 Å². The molecule has 0 spiro atoms. The molecule has 1 aliphatic carbocycles. The van der Waals surface area contributed by atoms with Crippen LogP contribution in [0.1, 0.15) is 26.7 Å². The monoisotopic (exact) mass is 303 g/mol. The number of rotatable bonds is 5. The van der Waals surface area contributed by atoms with E-state index in [1.54, 1.807) is 0 Å². The van der Waals surface area contributed by atoms with Crippen LogP contribution in [-0.2, 0) is 9.84 Å². The number of sulfone groups is 1. The molecule has 0 amide bonds. The lowest BCUT2D eigenvalue weighted by Crippen LogP contribution is -2.37. The van der Waals surface area contributed by atoms with Crippen molar-refractivity contribution in [1.82, 2.24) is 0 Å². The first-order chi connectivity index (χ1) is 9.30. The summed E-state index contributed by atoms with van der Waals surface area (Å²) in [5.74, 6) is -1.97. The van der Waals surface area contributed by atoms with Gasteiger partial charge in [0, 0.05) is 11.7 Å². The first-order valence-corrected chi connectivity index (χ1v) is 8.24. The zero-order valence-electron chi connectivity index (χ0n) is 11.5. The highest BCUT2D eigenvalue weighted by Gasteiger charge is 2.31. The SMILES string of the molecule is CC(C)C1CC(Nc2ccc(S(=O)(=O)C(F)F)cc2)C1. The molecule has 1 fully saturated rings. The number of benzene rings is 1. The predicted molar refractivity (Wildman–Crippen MR) is 74.6 cm³/mol. The van der Waals surface area contributed by atoms with E-state index in [9.17, 15) is 17.2 Å². The number of nitrogens with one attached hydrogen (secondary N) is 1. The standard InChI is InChI=1S/C14H19F2NO2S/c1-9(2)10-7-12(8-10)17-11-3-5-13(6-4-11)20(18,19)14(15)16/h3-6,9-10,12,14,17H,7-8H2,1-2H3. The fourth-order valence-corrected chi connectivity index (χ4v) is 3.12. The molecule has 1 aromatic carbocycles. The maximum Gasteiger partial charge on any atom is 0.341 e. The van der Waals surface area contributed by atoms with Crippen LogP contribution in [0.4, 0.5) is 14.5 Å². The number of halogens is 2. The molecule has 0 atom stereocenters. The highest BCUT2D eigenvalue weighted by atomic mass is 32.2. The van der Waals surface area contributed by atoms with Gasteiger partial charge in [-0.25, -0.2) is 8.42 Å². The summed E-state index contributed by atoms with van der Waals surface area (Å²) >= 11 is 0. The van der Waals surface area contributed by atoms with Gasteiger partial charge in [0.15, 0.2) is 0 Å². The topological polar surface area (TPSA) is 46.2 Å². The van der Waals surface area contributed by atoms with E-state index in [-0.39, 0.29) is 4.90 Å². The minimum Gasteiger partial charge on any atom is -0.382 e. The van der Waals surface area contributed by atoms with Gasteiger partial charge >= 0.3 is 5.76 Å². The Morgan fingerprint density at radius 2 is 1.70 bits per heavy atom. The molecule has 1 saturated carbocycles. The summed E-state index contributed by atoms with van der Waals surface area (Å²) in [6, 6.07) is 5.92. The molecular weight excluding hydrogens is 284 g/mol. The van der Waals surface area contributed by atoms with Gasteiger partial charge in [-0.1, -0.05) is 13.8 Å². The summed E-state index contributed by atoms with van der Waals surface area (Å²) in [4.78, 5) is -0.341. The van der Waals surface area contributed by atoms with Crippen LogP contribution in [0.25, 0.3) is 0 Å². The largest absolute Gasteiger partial charge is 0.382 e. The molecule has 1 aliphatic rings. The second-order valence-electron chi connectivity index (χ2n) is 5.65. The van der Waals surface area contributed by atoms with Crippen molar-refractivity contribution in [3.8, 4) is 0 Å². The number of anilines is 1. The van der Waals surface area contributed by atoms with E-state index < -0.39 is 15.6 Å². The lowest BCUT2D eigenvalue weighted by Gasteiger charge is -2.39. The maximum absolute atomic E-state index is 12.4. The van der Waals surface area contributed by atoms with Gasteiger partial charge in [-0.3, -0.25) is 0 Å². The number of alkyl halides is 2. The van der Waals surface area contributed by atoms with Crippen molar-refractivity contribution >= 4 is 15.5 Å². The Bertz CT molecular complexity index is 549. The number of hydrogen-bond donors (Lipinski definition) is 1. The third kappa shape index (κ3) is 3.11. The molecular formula is C14H19F2NO2S. The summed E-state index contributed by atoms with van der Waals surface area (Å²) in [6.07, 6.45) is 2.18. The second kappa shape index (κ2) is 5.68. The molecule has 0 radical (unpaired) electrons. The third-order valence-corrected chi connectivity index (χ3v) is 5.30. The number of hydrogen-bond acceptors (Lipinski definition) is 3. The molecule has 0 heterocycles. The van der Waals surface area contributed by atoms with E-state index in [0.717, 1.165) is 24.4 Å². The van der Waals surface area contributed by atoms with Crippen LogP contribution >= 0.6 is 0 Å². The normalized spacial score (nSPS) is 22.9. The summed E-state index contributed by atoms with van der Waals surface area (Å²) < 4.78 is 47.3. The Hall–Kier alpha value is -1.17. The minimum atomic E-state index is -4.49. The van der Waals surface area contributed by atoms with Gasteiger partial charge in [-0.15, -0.1) is 0 Å². The second-order valence-corrected chi connectivity index (χ2v) is 7.56. The molecule has 6 heteroatoms. The van der Waals surface area contributed by atoms with E-state index in [1.807, 2.05) is 0 Å². The van der Waals surface area contributed by atoms with Crippen LogP contribution < -0.4 is 5.32 Å². The average molecular weight is 303 g/mol. The van der Waals surface area contributed by atoms with Gasteiger partial charge in [0.05, 0.1) is 4.90 Å². The van der Waals surface area contributed by atoms with Crippen LogP contribution in [0.15, 0.2) is 29.2 Å². The Labute approximate surface area is 118 Å². The predicted octanol–water partition coefficient (Wildman–Crippen LogP) is 3.53. The van der Waals surface area contributed by atoms with E-state index in [1.165, 1.54) is 24.3 Å². The van der Waals surface area contributed by atoms with Crippen LogP contribution in [0, 0.1) is 11.8 Å². The Morgan fingerprint density at radius 1 is 1.15 bits per heavy atom. The molecule has 3 nitrogen and oxygen atoms in total. The van der Waals surface area contributed by atoms with Crippen molar-refractivity contribution in [3.63, 3.8) is 0 Å². The van der Waals surface area contributed by atoms with Crippen molar-refractivity contribution in [3.05, 3.63) is 24.3 Å². The highest BCUT2D eigenvalue weighted by Crippen LogP contribution is 2.35. The zero-order chi connectivity index (χ0) is 14.9. The fraction of sp³-hybridized carbons (Fsp3) is 0.571. The Balaban J connectivity index is 1.97. The van der Waals surface area contributed by atoms with Gasteiger partial charge in [-0.05, 0) is 48.9 Å². The van der Waals surface area contributed by atoms with Crippen molar-refractivity contribution in [2.24, 2.45) is 11.8 Å². The Morgan fingerprint density at radius 3 is 2.15 bits per heavy atom. The molecule has 0 aliphatic heterocycles. The van der Waals surface area contributed by atoms with E-state index >= 15 is 0 Å². The molecule has 0 bridgehead atoms. The third-order valence-electron chi connectivity index (χ3n) is 3.91. The van der Waals surface area contributed by atoms with Gasteiger partial charge in [-0.2, -0.15) is 8.78 Å². The summed E-state index contributed by atoms with van der Waals surface area (Å²) in [5.41, 5.74) is 0.769. The lowest BCUT2D eigenvalue weighted by atomic mass is 9.73. The molecule has 0 aromatic heterocycles. The van der Waals surface area contributed by atoms with Crippen molar-refractivity contribution in [2.45, 2.75) is 43.4 Å². The van der Waals surface area contributed by atoms with Crippen LogP contribution in [-0.4, -0.2) is 20.2 Å². The minimum absolute atomic E-state index is 0.341. The van der Waals surface area contributed by atoms with E-state index in [0.29, 0.717) is 12.0 Å². The van der Waals surface area contributed by atoms with Crippen molar-refractivity contribution in [2.75, 3.05) is 5.32 Å². The lowest BCUT2D eigenvalue weighted by molar-refractivity contribution is 0.212. The zero-order valence-corrected chi connectivity index (χ0v) is 12.3. The van der Waals surface area contributed by atoms with Crippen molar-refractivity contribution < 1.29 is 17.2 Å².